The summed E-state index contributed by atoms with van der Waals surface area (Å²) in [5.74, 6) is 0. The van der Waals surface area contributed by atoms with E-state index in [0.717, 1.165) is 10.8 Å². The first-order valence-electron chi connectivity index (χ1n) is 2.98. The highest BCUT2D eigenvalue weighted by Gasteiger charge is 1.92. The first-order chi connectivity index (χ1) is 4.83. The molecule has 0 radical (unpaired) electrons. The van der Waals surface area contributed by atoms with Crippen molar-refractivity contribution in [2.24, 2.45) is 5.10 Å². The van der Waals surface area contributed by atoms with Crippen LogP contribution in [0.5, 0.6) is 0 Å². The van der Waals surface area contributed by atoms with Crippen LogP contribution in [0.1, 0.15) is 12.6 Å². The topological polar surface area (TPSA) is 37.3 Å². The fourth-order valence-electron chi connectivity index (χ4n) is 0.525. The quantitative estimate of drug-likeness (QED) is 0.523. The molecule has 0 atom stereocenters. The maximum atomic E-state index is 4.14. The lowest BCUT2D eigenvalue weighted by Gasteiger charge is -1.88. The molecule has 0 aliphatic carbocycles. The standard InChI is InChI=1S/C6H9N3S/c1-3-7-9-6-8-5(2)4-10-6/h3-4H,1-2H3,(H,8,9)/b7-3+. The highest BCUT2D eigenvalue weighted by molar-refractivity contribution is 7.13. The van der Waals surface area contributed by atoms with E-state index < -0.39 is 0 Å². The fraction of sp³-hybridized carbons (Fsp3) is 0.333. The summed E-state index contributed by atoms with van der Waals surface area (Å²) >= 11 is 1.55. The predicted molar refractivity (Wildman–Crippen MR) is 44.6 cm³/mol. The number of thiazole rings is 1. The molecule has 0 aromatic carbocycles. The fourth-order valence-corrected chi connectivity index (χ4v) is 1.16. The largest absolute Gasteiger partial charge is 0.253 e. The van der Waals surface area contributed by atoms with E-state index in [2.05, 4.69) is 15.5 Å². The summed E-state index contributed by atoms with van der Waals surface area (Å²) in [5.41, 5.74) is 3.82. The molecule has 0 fully saturated rings. The molecule has 0 aliphatic rings. The molecule has 0 saturated carbocycles. The van der Waals surface area contributed by atoms with Crippen LogP contribution in [0.15, 0.2) is 10.5 Å². The van der Waals surface area contributed by atoms with Gasteiger partial charge in [0.15, 0.2) is 0 Å². The van der Waals surface area contributed by atoms with Crippen molar-refractivity contribution in [3.63, 3.8) is 0 Å². The number of hydrogen-bond acceptors (Lipinski definition) is 4. The van der Waals surface area contributed by atoms with Gasteiger partial charge in [0.1, 0.15) is 0 Å². The van der Waals surface area contributed by atoms with Gasteiger partial charge in [-0.1, -0.05) is 0 Å². The minimum absolute atomic E-state index is 0.843. The predicted octanol–water partition coefficient (Wildman–Crippen LogP) is 1.87. The molecule has 4 heteroatoms. The van der Waals surface area contributed by atoms with Gasteiger partial charge in [-0.2, -0.15) is 5.10 Å². The number of rotatable bonds is 2. The molecule has 0 unspecified atom stereocenters. The Kier molecular flexibility index (Phi) is 2.39. The van der Waals surface area contributed by atoms with Crippen LogP contribution in [-0.4, -0.2) is 11.2 Å². The minimum atomic E-state index is 0.843. The van der Waals surface area contributed by atoms with Crippen LogP contribution in [0.2, 0.25) is 0 Å². The maximum absolute atomic E-state index is 4.14. The Labute approximate surface area is 63.8 Å². The van der Waals surface area contributed by atoms with E-state index in [1.165, 1.54) is 0 Å². The summed E-state index contributed by atoms with van der Waals surface area (Å²) in [5, 5.41) is 6.65. The molecular weight excluding hydrogens is 146 g/mol. The number of hydrazone groups is 1. The third-order valence-corrected chi connectivity index (χ3v) is 1.77. The van der Waals surface area contributed by atoms with Gasteiger partial charge in [-0.05, 0) is 13.8 Å². The zero-order chi connectivity index (χ0) is 7.40. The third kappa shape index (κ3) is 1.80. The average Bonchev–Trinajstić information content (AvgIpc) is 2.31. The highest BCUT2D eigenvalue weighted by Crippen LogP contribution is 2.13. The molecular formula is C6H9N3S. The summed E-state index contributed by atoms with van der Waals surface area (Å²) in [6.07, 6.45) is 1.69. The van der Waals surface area contributed by atoms with Gasteiger partial charge in [0.25, 0.3) is 0 Å². The van der Waals surface area contributed by atoms with E-state index in [1.54, 1.807) is 17.6 Å². The maximum Gasteiger partial charge on any atom is 0.203 e. The number of hydrogen-bond donors (Lipinski definition) is 1. The van der Waals surface area contributed by atoms with Gasteiger partial charge in [-0.25, -0.2) is 4.98 Å². The van der Waals surface area contributed by atoms with Crippen LogP contribution in [-0.2, 0) is 0 Å². The van der Waals surface area contributed by atoms with Crippen LogP contribution in [0.3, 0.4) is 0 Å². The van der Waals surface area contributed by atoms with Crippen molar-refractivity contribution in [3.8, 4) is 0 Å². The first-order valence-corrected chi connectivity index (χ1v) is 3.86. The molecule has 1 aromatic rings. The summed E-state index contributed by atoms with van der Waals surface area (Å²) in [4.78, 5) is 4.14. The Balaban J connectivity index is 2.58. The van der Waals surface area contributed by atoms with E-state index in [1.807, 2.05) is 19.2 Å². The molecule has 0 amide bonds. The van der Waals surface area contributed by atoms with Gasteiger partial charge in [0.2, 0.25) is 5.13 Å². The van der Waals surface area contributed by atoms with Crippen LogP contribution in [0.25, 0.3) is 0 Å². The van der Waals surface area contributed by atoms with Crippen molar-refractivity contribution in [2.75, 3.05) is 5.43 Å². The van der Waals surface area contributed by atoms with Crippen LogP contribution < -0.4 is 5.43 Å². The molecule has 1 N–H and O–H groups in total. The van der Waals surface area contributed by atoms with Gasteiger partial charge in [-0.3, -0.25) is 5.43 Å². The number of nitrogens with zero attached hydrogens (tertiary/aromatic N) is 2. The van der Waals surface area contributed by atoms with Gasteiger partial charge in [0.05, 0.1) is 5.69 Å². The Morgan fingerprint density at radius 1 is 1.80 bits per heavy atom. The van der Waals surface area contributed by atoms with E-state index in [9.17, 15) is 0 Å². The highest BCUT2D eigenvalue weighted by atomic mass is 32.1. The average molecular weight is 155 g/mol. The Morgan fingerprint density at radius 3 is 3.10 bits per heavy atom. The lowest BCUT2D eigenvalue weighted by atomic mass is 10.6. The Bertz CT molecular complexity index is 229. The van der Waals surface area contributed by atoms with Crippen molar-refractivity contribution < 1.29 is 0 Å². The molecule has 1 rings (SSSR count). The number of aryl methyl sites for hydroxylation is 1. The van der Waals surface area contributed by atoms with E-state index in [-0.39, 0.29) is 0 Å². The molecule has 54 valence electrons. The lowest BCUT2D eigenvalue weighted by molar-refractivity contribution is 1.22. The van der Waals surface area contributed by atoms with Gasteiger partial charge in [0, 0.05) is 11.6 Å². The Morgan fingerprint density at radius 2 is 2.60 bits per heavy atom. The molecule has 3 nitrogen and oxygen atoms in total. The number of anilines is 1. The van der Waals surface area contributed by atoms with Crippen molar-refractivity contribution in [2.45, 2.75) is 13.8 Å². The van der Waals surface area contributed by atoms with Gasteiger partial charge >= 0.3 is 0 Å². The van der Waals surface area contributed by atoms with Crippen molar-refractivity contribution in [1.29, 1.82) is 0 Å². The SMILES string of the molecule is C/C=N/Nc1nc(C)cs1. The van der Waals surface area contributed by atoms with Crippen molar-refractivity contribution >= 4 is 22.7 Å². The summed E-state index contributed by atoms with van der Waals surface area (Å²) in [6.45, 7) is 3.81. The molecule has 1 heterocycles. The number of nitrogens with one attached hydrogen (secondary N) is 1. The van der Waals surface area contributed by atoms with Crippen LogP contribution in [0.4, 0.5) is 5.13 Å². The van der Waals surface area contributed by atoms with Crippen molar-refractivity contribution in [3.05, 3.63) is 11.1 Å². The van der Waals surface area contributed by atoms with Gasteiger partial charge < -0.3 is 0 Å². The van der Waals surface area contributed by atoms with Crippen molar-refractivity contribution in [1.82, 2.24) is 4.98 Å². The smallest absolute Gasteiger partial charge is 0.203 e. The summed E-state index contributed by atoms with van der Waals surface area (Å²) in [6, 6.07) is 0. The molecule has 10 heavy (non-hydrogen) atoms. The van der Waals surface area contributed by atoms with E-state index in [4.69, 9.17) is 0 Å². The summed E-state index contributed by atoms with van der Waals surface area (Å²) < 4.78 is 0. The normalized spacial score (nSPS) is 10.6. The van der Waals surface area contributed by atoms with Crippen LogP contribution in [0, 0.1) is 6.92 Å². The minimum Gasteiger partial charge on any atom is -0.253 e. The zero-order valence-corrected chi connectivity index (χ0v) is 6.77. The second kappa shape index (κ2) is 3.31. The first kappa shape index (κ1) is 7.21. The Hall–Kier alpha value is -0.900. The molecule has 0 bridgehead atoms. The van der Waals surface area contributed by atoms with E-state index in [0.29, 0.717) is 0 Å². The molecule has 1 aromatic heterocycles. The second-order valence-electron chi connectivity index (χ2n) is 1.79. The monoisotopic (exact) mass is 155 g/mol. The molecule has 0 aliphatic heterocycles. The molecule has 0 spiro atoms. The third-order valence-electron chi connectivity index (χ3n) is 0.908. The molecule has 0 saturated heterocycles. The second-order valence-corrected chi connectivity index (χ2v) is 2.65. The number of aromatic nitrogens is 1. The lowest BCUT2D eigenvalue weighted by Crippen LogP contribution is -1.85. The summed E-state index contributed by atoms with van der Waals surface area (Å²) in [7, 11) is 0. The van der Waals surface area contributed by atoms with Gasteiger partial charge in [-0.15, -0.1) is 11.3 Å². The van der Waals surface area contributed by atoms with E-state index >= 15 is 0 Å². The van der Waals surface area contributed by atoms with Crippen LogP contribution >= 0.6 is 11.3 Å². The zero-order valence-electron chi connectivity index (χ0n) is 5.96.